The number of nitrogens with one attached hydrogen (secondary N) is 2. The second-order valence-electron chi connectivity index (χ2n) is 4.36. The van der Waals surface area contributed by atoms with Crippen molar-refractivity contribution in [2.45, 2.75) is 6.92 Å². The van der Waals surface area contributed by atoms with Crippen LogP contribution in [0, 0.1) is 18.3 Å². The number of nitrogens with zero attached hydrogens (tertiary/aromatic N) is 1. The molecule has 0 saturated carbocycles. The van der Waals surface area contributed by atoms with Crippen LogP contribution in [0.2, 0.25) is 0 Å². The Bertz CT molecular complexity index is 671. The number of nitrogen functional groups attached to an aromatic ring is 1. The fraction of sp³-hybridized carbons (Fsp3) is 0.0667. The number of amides is 2. The summed E-state index contributed by atoms with van der Waals surface area (Å²) >= 11 is 0. The molecule has 20 heavy (non-hydrogen) atoms. The second kappa shape index (κ2) is 5.76. The lowest BCUT2D eigenvalue weighted by atomic mass is 10.2. The number of anilines is 3. The minimum Gasteiger partial charge on any atom is -0.397 e. The zero-order chi connectivity index (χ0) is 14.5. The molecule has 2 rings (SSSR count). The minimum absolute atomic E-state index is 0.350. The monoisotopic (exact) mass is 266 g/mol. The highest BCUT2D eigenvalue weighted by molar-refractivity contribution is 6.01. The van der Waals surface area contributed by atoms with Crippen molar-refractivity contribution >= 4 is 23.1 Å². The minimum atomic E-state index is -0.384. The van der Waals surface area contributed by atoms with Crippen molar-refractivity contribution in [3.8, 4) is 6.07 Å². The number of hydrogen-bond acceptors (Lipinski definition) is 3. The van der Waals surface area contributed by atoms with E-state index in [1.165, 1.54) is 6.07 Å². The van der Waals surface area contributed by atoms with Gasteiger partial charge in [-0.25, -0.2) is 4.79 Å². The van der Waals surface area contributed by atoms with Crippen molar-refractivity contribution in [1.29, 1.82) is 5.26 Å². The van der Waals surface area contributed by atoms with Crippen molar-refractivity contribution in [2.75, 3.05) is 16.4 Å². The summed E-state index contributed by atoms with van der Waals surface area (Å²) in [5, 5.41) is 14.1. The molecule has 0 spiro atoms. The Balaban J connectivity index is 2.05. The van der Waals surface area contributed by atoms with Gasteiger partial charge in [0.2, 0.25) is 0 Å². The highest BCUT2D eigenvalue weighted by Crippen LogP contribution is 2.20. The summed E-state index contributed by atoms with van der Waals surface area (Å²) in [7, 11) is 0. The number of carbonyl (C=O) groups is 1. The molecular weight excluding hydrogens is 252 g/mol. The van der Waals surface area contributed by atoms with Crippen LogP contribution >= 0.6 is 0 Å². The van der Waals surface area contributed by atoms with E-state index in [2.05, 4.69) is 10.6 Å². The molecule has 5 nitrogen and oxygen atoms in total. The first-order valence-electron chi connectivity index (χ1n) is 6.03. The van der Waals surface area contributed by atoms with Crippen molar-refractivity contribution in [3.63, 3.8) is 0 Å². The predicted molar refractivity (Wildman–Crippen MR) is 79.4 cm³/mol. The third-order valence-electron chi connectivity index (χ3n) is 2.74. The van der Waals surface area contributed by atoms with E-state index in [0.29, 0.717) is 22.6 Å². The van der Waals surface area contributed by atoms with Gasteiger partial charge in [0, 0.05) is 5.69 Å². The number of carbonyl (C=O) groups excluding carboxylic acids is 1. The number of nitriles is 1. The summed E-state index contributed by atoms with van der Waals surface area (Å²) in [5.74, 6) is 0. The molecule has 2 amide bonds. The van der Waals surface area contributed by atoms with Crippen LogP contribution in [-0.2, 0) is 0 Å². The summed E-state index contributed by atoms with van der Waals surface area (Å²) < 4.78 is 0. The molecule has 100 valence electrons. The molecule has 0 aliphatic carbocycles. The fourth-order valence-corrected chi connectivity index (χ4v) is 1.67. The zero-order valence-electron chi connectivity index (χ0n) is 11.0. The summed E-state index contributed by atoms with van der Waals surface area (Å²) in [6.45, 7) is 1.97. The van der Waals surface area contributed by atoms with Gasteiger partial charge in [0.05, 0.1) is 23.0 Å². The summed E-state index contributed by atoms with van der Waals surface area (Å²) in [6.07, 6.45) is 0. The lowest BCUT2D eigenvalue weighted by molar-refractivity contribution is 0.262. The van der Waals surface area contributed by atoms with E-state index in [4.69, 9.17) is 11.0 Å². The standard InChI is InChI=1S/C15H14N4O/c1-10-2-5-12(6-3-10)18-15(20)19-14-7-4-11(9-16)8-13(14)17/h2-8H,17H2,1H3,(H2,18,19,20). The molecule has 0 fully saturated rings. The molecule has 0 bridgehead atoms. The van der Waals surface area contributed by atoms with Crippen LogP contribution in [0.1, 0.15) is 11.1 Å². The van der Waals surface area contributed by atoms with E-state index in [1.807, 2.05) is 37.3 Å². The number of rotatable bonds is 2. The number of hydrogen-bond donors (Lipinski definition) is 3. The SMILES string of the molecule is Cc1ccc(NC(=O)Nc2ccc(C#N)cc2N)cc1. The Morgan fingerprint density at radius 2 is 1.85 bits per heavy atom. The third-order valence-corrected chi connectivity index (χ3v) is 2.74. The average molecular weight is 266 g/mol. The smallest absolute Gasteiger partial charge is 0.323 e. The van der Waals surface area contributed by atoms with E-state index in [1.54, 1.807) is 12.1 Å². The van der Waals surface area contributed by atoms with Gasteiger partial charge in [-0.3, -0.25) is 0 Å². The molecule has 0 aliphatic heterocycles. The van der Waals surface area contributed by atoms with Gasteiger partial charge in [-0.1, -0.05) is 17.7 Å². The molecule has 0 unspecified atom stereocenters. The second-order valence-corrected chi connectivity index (χ2v) is 4.36. The maximum absolute atomic E-state index is 11.8. The van der Waals surface area contributed by atoms with Crippen LogP contribution in [0.25, 0.3) is 0 Å². The van der Waals surface area contributed by atoms with Crippen molar-refractivity contribution < 1.29 is 4.79 Å². The Kier molecular flexibility index (Phi) is 3.87. The van der Waals surface area contributed by atoms with E-state index >= 15 is 0 Å². The van der Waals surface area contributed by atoms with Gasteiger partial charge in [0.25, 0.3) is 0 Å². The lowest BCUT2D eigenvalue weighted by Gasteiger charge is -2.10. The van der Waals surface area contributed by atoms with Crippen LogP contribution in [0.3, 0.4) is 0 Å². The first-order valence-corrected chi connectivity index (χ1v) is 6.03. The third kappa shape index (κ3) is 3.27. The first kappa shape index (κ1) is 13.4. The zero-order valence-corrected chi connectivity index (χ0v) is 11.0. The van der Waals surface area contributed by atoms with E-state index in [9.17, 15) is 4.79 Å². The van der Waals surface area contributed by atoms with Gasteiger partial charge in [-0.15, -0.1) is 0 Å². The Morgan fingerprint density at radius 1 is 1.15 bits per heavy atom. The Hall–Kier alpha value is -3.00. The fourth-order valence-electron chi connectivity index (χ4n) is 1.67. The van der Waals surface area contributed by atoms with E-state index in [0.717, 1.165) is 5.56 Å². The van der Waals surface area contributed by atoms with E-state index in [-0.39, 0.29) is 6.03 Å². The van der Waals surface area contributed by atoms with Crippen LogP contribution in [0.5, 0.6) is 0 Å². The molecule has 0 heterocycles. The highest BCUT2D eigenvalue weighted by Gasteiger charge is 2.06. The molecule has 5 heteroatoms. The summed E-state index contributed by atoms with van der Waals surface area (Å²) in [5.41, 5.74) is 8.84. The Morgan fingerprint density at radius 3 is 2.45 bits per heavy atom. The largest absolute Gasteiger partial charge is 0.397 e. The van der Waals surface area contributed by atoms with Crippen LogP contribution in [0.4, 0.5) is 21.9 Å². The average Bonchev–Trinajstić information content (AvgIpc) is 2.43. The van der Waals surface area contributed by atoms with Crippen molar-refractivity contribution in [1.82, 2.24) is 0 Å². The normalized spacial score (nSPS) is 9.60. The maximum Gasteiger partial charge on any atom is 0.323 e. The lowest BCUT2D eigenvalue weighted by Crippen LogP contribution is -2.20. The predicted octanol–water partition coefficient (Wildman–Crippen LogP) is 3.09. The van der Waals surface area contributed by atoms with Gasteiger partial charge in [-0.05, 0) is 37.3 Å². The molecule has 4 N–H and O–H groups in total. The van der Waals surface area contributed by atoms with Gasteiger partial charge in [0.1, 0.15) is 0 Å². The molecule has 2 aromatic carbocycles. The van der Waals surface area contributed by atoms with Gasteiger partial charge in [-0.2, -0.15) is 5.26 Å². The molecule has 0 saturated heterocycles. The van der Waals surface area contributed by atoms with Crippen LogP contribution in [-0.4, -0.2) is 6.03 Å². The highest BCUT2D eigenvalue weighted by atomic mass is 16.2. The molecular formula is C15H14N4O. The van der Waals surface area contributed by atoms with Crippen LogP contribution < -0.4 is 16.4 Å². The van der Waals surface area contributed by atoms with Crippen molar-refractivity contribution in [3.05, 3.63) is 53.6 Å². The number of urea groups is 1. The molecule has 0 radical (unpaired) electrons. The molecule has 0 atom stereocenters. The number of benzene rings is 2. The van der Waals surface area contributed by atoms with Gasteiger partial charge >= 0.3 is 6.03 Å². The first-order chi connectivity index (χ1) is 9.58. The molecule has 2 aromatic rings. The number of aryl methyl sites for hydroxylation is 1. The van der Waals surface area contributed by atoms with Gasteiger partial charge < -0.3 is 16.4 Å². The molecule has 0 aliphatic rings. The summed E-state index contributed by atoms with van der Waals surface area (Å²) in [4.78, 5) is 11.8. The topological polar surface area (TPSA) is 90.9 Å². The number of nitrogens with two attached hydrogens (primary N) is 1. The van der Waals surface area contributed by atoms with Crippen LogP contribution in [0.15, 0.2) is 42.5 Å². The Labute approximate surface area is 117 Å². The molecule has 0 aromatic heterocycles. The van der Waals surface area contributed by atoms with E-state index < -0.39 is 0 Å². The quantitative estimate of drug-likeness (QED) is 0.729. The van der Waals surface area contributed by atoms with Crippen molar-refractivity contribution in [2.24, 2.45) is 0 Å². The maximum atomic E-state index is 11.8. The van der Waals surface area contributed by atoms with Gasteiger partial charge in [0.15, 0.2) is 0 Å². The summed E-state index contributed by atoms with van der Waals surface area (Å²) in [6, 6.07) is 13.8.